The minimum atomic E-state index is -4.60. The van der Waals surface area contributed by atoms with E-state index in [4.69, 9.17) is 9.84 Å². The fourth-order valence-electron chi connectivity index (χ4n) is 4.15. The van der Waals surface area contributed by atoms with Crippen LogP contribution >= 0.6 is 0 Å². The highest BCUT2D eigenvalue weighted by Crippen LogP contribution is 2.37. The first-order chi connectivity index (χ1) is 18.6. The van der Waals surface area contributed by atoms with E-state index < -0.39 is 23.6 Å². The van der Waals surface area contributed by atoms with E-state index in [-0.39, 0.29) is 33.8 Å². The molecule has 0 saturated carbocycles. The molecule has 0 radical (unpaired) electrons. The lowest BCUT2D eigenvalue weighted by molar-refractivity contribution is -0.137. The Bertz CT molecular complexity index is 1500. The average Bonchev–Trinajstić information content (AvgIpc) is 3.20. The van der Waals surface area contributed by atoms with Crippen molar-refractivity contribution in [2.24, 2.45) is 11.0 Å². The molecule has 0 unspecified atom stereocenters. The average molecular weight is 551 g/mol. The molecule has 40 heavy (non-hydrogen) atoms. The van der Waals surface area contributed by atoms with Crippen LogP contribution in [0.1, 0.15) is 61.7 Å². The van der Waals surface area contributed by atoms with E-state index in [0.29, 0.717) is 17.1 Å². The van der Waals surface area contributed by atoms with Gasteiger partial charge in [0.15, 0.2) is 0 Å². The van der Waals surface area contributed by atoms with Gasteiger partial charge in [0.25, 0.3) is 5.91 Å². The zero-order valence-electron chi connectivity index (χ0n) is 22.7. The van der Waals surface area contributed by atoms with Crippen molar-refractivity contribution in [3.8, 4) is 11.5 Å². The van der Waals surface area contributed by atoms with E-state index in [1.165, 1.54) is 36.4 Å². The normalized spacial score (nSPS) is 15.1. The molecular weight excluding hydrogens is 521 g/mol. The molecular formula is C31H29F3N2O4. The van der Waals surface area contributed by atoms with Crippen LogP contribution in [-0.4, -0.2) is 22.7 Å². The number of amides is 1. The second-order valence-corrected chi connectivity index (χ2v) is 10.8. The highest BCUT2D eigenvalue weighted by Gasteiger charge is 2.34. The summed E-state index contributed by atoms with van der Waals surface area (Å²) < 4.78 is 46.9. The van der Waals surface area contributed by atoms with Crippen LogP contribution in [-0.2, 0) is 16.4 Å². The molecule has 1 N–H and O–H groups in total. The van der Waals surface area contributed by atoms with Gasteiger partial charge in [-0.3, -0.25) is 4.79 Å². The summed E-state index contributed by atoms with van der Waals surface area (Å²) in [7, 11) is 0. The highest BCUT2D eigenvalue weighted by molar-refractivity contribution is 6.33. The Morgan fingerprint density at radius 1 is 0.950 bits per heavy atom. The molecule has 0 atom stereocenters. The van der Waals surface area contributed by atoms with Crippen molar-refractivity contribution in [2.45, 2.75) is 46.2 Å². The largest absolute Gasteiger partial charge is 0.478 e. The second kappa shape index (κ2) is 10.6. The number of carbonyl (C=O) groups is 2. The van der Waals surface area contributed by atoms with Gasteiger partial charge in [-0.05, 0) is 77.6 Å². The minimum absolute atomic E-state index is 0.0421. The third-order valence-electron chi connectivity index (χ3n) is 6.40. The number of halogens is 3. The Balaban J connectivity index is 1.76. The van der Waals surface area contributed by atoms with Crippen LogP contribution in [0.2, 0.25) is 0 Å². The van der Waals surface area contributed by atoms with E-state index in [0.717, 1.165) is 22.7 Å². The molecule has 6 nitrogen and oxygen atoms in total. The van der Waals surface area contributed by atoms with Crippen molar-refractivity contribution in [1.82, 2.24) is 0 Å². The molecule has 208 valence electrons. The Morgan fingerprint density at radius 3 is 2.08 bits per heavy atom. The summed E-state index contributed by atoms with van der Waals surface area (Å²) in [5.41, 5.74) is 1.03. The standard InChI is InChI=1S/C31H29F3N2O4/c1-18(2)27-25(28(37)36(35-27)23-11-6-19(7-12-23)29(38)39)17-20-16-22(31(32,33)34)10-15-26(20)40-24-13-8-21(9-14-24)30(3,4)5/h6-18H,1-5H3,(H,38,39)/b25-17-. The zero-order valence-corrected chi connectivity index (χ0v) is 22.7. The van der Waals surface area contributed by atoms with E-state index in [2.05, 4.69) is 25.9 Å². The lowest BCUT2D eigenvalue weighted by atomic mass is 9.87. The molecule has 3 aromatic rings. The van der Waals surface area contributed by atoms with Crippen LogP contribution in [0.15, 0.2) is 77.4 Å². The van der Waals surface area contributed by atoms with Gasteiger partial charge in [0, 0.05) is 5.56 Å². The van der Waals surface area contributed by atoms with Crippen molar-refractivity contribution in [2.75, 3.05) is 5.01 Å². The van der Waals surface area contributed by atoms with E-state index in [1.807, 2.05) is 26.0 Å². The molecule has 1 aliphatic heterocycles. The van der Waals surface area contributed by atoms with Crippen molar-refractivity contribution >= 4 is 29.4 Å². The summed E-state index contributed by atoms with van der Waals surface area (Å²) >= 11 is 0. The van der Waals surface area contributed by atoms with Crippen LogP contribution in [0.4, 0.5) is 18.9 Å². The number of anilines is 1. The van der Waals surface area contributed by atoms with Crippen LogP contribution in [0, 0.1) is 5.92 Å². The Morgan fingerprint density at radius 2 is 1.55 bits per heavy atom. The lowest BCUT2D eigenvalue weighted by Crippen LogP contribution is -2.21. The first kappa shape index (κ1) is 28.6. The number of hydrogen-bond donors (Lipinski definition) is 1. The number of ether oxygens (including phenoxy) is 1. The molecule has 0 aromatic heterocycles. The quantitative estimate of drug-likeness (QED) is 0.316. The number of hydrazone groups is 1. The van der Waals surface area contributed by atoms with Gasteiger partial charge in [0.05, 0.1) is 28.1 Å². The molecule has 1 aliphatic rings. The van der Waals surface area contributed by atoms with Gasteiger partial charge in [-0.2, -0.15) is 23.3 Å². The maximum Gasteiger partial charge on any atom is 0.416 e. The van der Waals surface area contributed by atoms with Crippen molar-refractivity contribution in [3.05, 3.63) is 94.6 Å². The lowest BCUT2D eigenvalue weighted by Gasteiger charge is -2.19. The van der Waals surface area contributed by atoms with Gasteiger partial charge in [-0.25, -0.2) is 4.79 Å². The Labute approximate surface area is 230 Å². The summed E-state index contributed by atoms with van der Waals surface area (Å²) in [5.74, 6) is -1.33. The molecule has 0 fully saturated rings. The SMILES string of the molecule is CC(C)C1=NN(c2ccc(C(=O)O)cc2)C(=O)/C1=C\c1cc(C(F)(F)F)ccc1Oc1ccc(C(C)(C)C)cc1. The predicted octanol–water partition coefficient (Wildman–Crippen LogP) is 7.94. The number of carboxylic acids is 1. The van der Waals surface area contributed by atoms with Gasteiger partial charge < -0.3 is 9.84 Å². The topological polar surface area (TPSA) is 79.2 Å². The highest BCUT2D eigenvalue weighted by atomic mass is 19.4. The number of carboxylic acid groups (broad SMARTS) is 1. The number of aromatic carboxylic acids is 1. The monoisotopic (exact) mass is 550 g/mol. The molecule has 0 aliphatic carbocycles. The van der Waals surface area contributed by atoms with Crippen molar-refractivity contribution in [1.29, 1.82) is 0 Å². The third-order valence-corrected chi connectivity index (χ3v) is 6.40. The maximum atomic E-state index is 13.6. The van der Waals surface area contributed by atoms with Gasteiger partial charge in [0.1, 0.15) is 11.5 Å². The smallest absolute Gasteiger partial charge is 0.416 e. The van der Waals surface area contributed by atoms with Crippen molar-refractivity contribution in [3.63, 3.8) is 0 Å². The third kappa shape index (κ3) is 6.09. The minimum Gasteiger partial charge on any atom is -0.478 e. The van der Waals surface area contributed by atoms with Crippen molar-refractivity contribution < 1.29 is 32.6 Å². The first-order valence-corrected chi connectivity index (χ1v) is 12.6. The van der Waals surface area contributed by atoms with E-state index in [1.54, 1.807) is 12.1 Å². The zero-order chi connectivity index (χ0) is 29.4. The summed E-state index contributed by atoms with van der Waals surface area (Å²) in [5, 5.41) is 14.7. The molecule has 1 amide bonds. The number of rotatable bonds is 6. The summed E-state index contributed by atoms with van der Waals surface area (Å²) in [6.45, 7) is 9.84. The molecule has 0 bridgehead atoms. The van der Waals surface area contributed by atoms with Crippen LogP contribution < -0.4 is 9.75 Å². The Kier molecular flexibility index (Phi) is 7.61. The summed E-state index contributed by atoms with van der Waals surface area (Å²) in [4.78, 5) is 24.7. The second-order valence-electron chi connectivity index (χ2n) is 10.8. The summed E-state index contributed by atoms with van der Waals surface area (Å²) in [6, 6.07) is 16.0. The maximum absolute atomic E-state index is 13.6. The number of alkyl halides is 3. The van der Waals surface area contributed by atoms with Gasteiger partial charge in [-0.1, -0.05) is 46.8 Å². The van der Waals surface area contributed by atoms with Crippen LogP contribution in [0.5, 0.6) is 11.5 Å². The fraction of sp³-hybridized carbons (Fsp3) is 0.258. The summed E-state index contributed by atoms with van der Waals surface area (Å²) in [6.07, 6.45) is -3.24. The van der Waals surface area contributed by atoms with Crippen LogP contribution in [0.25, 0.3) is 6.08 Å². The fourth-order valence-corrected chi connectivity index (χ4v) is 4.15. The van der Waals surface area contributed by atoms with E-state index >= 15 is 0 Å². The number of benzene rings is 3. The number of hydrogen-bond acceptors (Lipinski definition) is 4. The molecule has 9 heteroatoms. The molecule has 0 spiro atoms. The van der Waals surface area contributed by atoms with Gasteiger partial charge in [-0.15, -0.1) is 0 Å². The number of carbonyl (C=O) groups excluding carboxylic acids is 1. The Hall–Kier alpha value is -4.40. The van der Waals surface area contributed by atoms with Crippen LogP contribution in [0.3, 0.4) is 0 Å². The first-order valence-electron chi connectivity index (χ1n) is 12.6. The molecule has 4 rings (SSSR count). The molecule has 1 heterocycles. The number of nitrogens with zero attached hydrogens (tertiary/aromatic N) is 2. The predicted molar refractivity (Wildman–Crippen MR) is 148 cm³/mol. The van der Waals surface area contributed by atoms with Gasteiger partial charge >= 0.3 is 12.1 Å². The van der Waals surface area contributed by atoms with E-state index in [9.17, 15) is 22.8 Å². The molecule has 3 aromatic carbocycles. The van der Waals surface area contributed by atoms with Gasteiger partial charge in [0.2, 0.25) is 0 Å². The molecule has 0 saturated heterocycles.